The van der Waals surface area contributed by atoms with Crippen LogP contribution < -0.4 is 10.1 Å². The topological polar surface area (TPSA) is 98.1 Å². The third-order valence-electron chi connectivity index (χ3n) is 6.74. The van der Waals surface area contributed by atoms with Gasteiger partial charge in [0.1, 0.15) is 18.0 Å². The Morgan fingerprint density at radius 3 is 2.22 bits per heavy atom. The summed E-state index contributed by atoms with van der Waals surface area (Å²) in [4.78, 5) is 42.8. The van der Waals surface area contributed by atoms with Crippen LogP contribution in [0.3, 0.4) is 0 Å². The molecule has 1 aliphatic heterocycles. The zero-order valence-corrected chi connectivity index (χ0v) is 20.6. The van der Waals surface area contributed by atoms with Crippen LogP contribution >= 0.6 is 0 Å². The van der Waals surface area contributed by atoms with E-state index in [1.807, 2.05) is 72.8 Å². The lowest BCUT2D eigenvalue weighted by Crippen LogP contribution is -2.93. The Morgan fingerprint density at radius 2 is 1.57 bits per heavy atom. The van der Waals surface area contributed by atoms with Gasteiger partial charge in [-0.3, -0.25) is 14.9 Å². The van der Waals surface area contributed by atoms with Crippen LogP contribution in [0.2, 0.25) is 0 Å². The maximum absolute atomic E-state index is 13.9. The minimum absolute atomic E-state index is 0.0713. The van der Waals surface area contributed by atoms with Gasteiger partial charge in [0, 0.05) is 17.7 Å². The molecule has 2 N–H and O–H groups in total. The summed E-state index contributed by atoms with van der Waals surface area (Å²) in [6, 6.07) is 27.6. The summed E-state index contributed by atoms with van der Waals surface area (Å²) in [5.41, 5.74) is 1.33. The highest BCUT2D eigenvalue weighted by molar-refractivity contribution is 6.15. The van der Waals surface area contributed by atoms with E-state index in [1.54, 1.807) is 25.3 Å². The minimum atomic E-state index is -1.77. The third-order valence-corrected chi connectivity index (χ3v) is 6.74. The summed E-state index contributed by atoms with van der Waals surface area (Å²) in [5, 5.41) is 5.93. The SMILES string of the molecule is COc1ccc(CN2C(=O)c3cc(-c4ccccc4)nn3C(=O)C2(C)C(=O)[NH2+]Cc2ccccc2)cc1. The van der Waals surface area contributed by atoms with Crippen LogP contribution in [-0.2, 0) is 17.9 Å². The molecule has 3 aromatic carbocycles. The maximum Gasteiger partial charge on any atom is 0.346 e. The van der Waals surface area contributed by atoms with Gasteiger partial charge >= 0.3 is 5.91 Å². The first-order valence-electron chi connectivity index (χ1n) is 12.0. The molecule has 1 atom stereocenters. The van der Waals surface area contributed by atoms with Crippen LogP contribution in [-0.4, -0.2) is 45.1 Å². The Balaban J connectivity index is 1.54. The Morgan fingerprint density at radius 1 is 0.919 bits per heavy atom. The van der Waals surface area contributed by atoms with Crippen molar-refractivity contribution >= 4 is 17.7 Å². The van der Waals surface area contributed by atoms with Crippen LogP contribution in [0.5, 0.6) is 5.75 Å². The molecule has 2 amide bonds. The molecule has 0 fully saturated rings. The number of methoxy groups -OCH3 is 1. The molecule has 5 rings (SSSR count). The first kappa shape index (κ1) is 24.1. The largest absolute Gasteiger partial charge is 0.497 e. The Kier molecular flexibility index (Phi) is 6.42. The molecule has 0 bridgehead atoms. The van der Waals surface area contributed by atoms with E-state index >= 15 is 0 Å². The van der Waals surface area contributed by atoms with Gasteiger partial charge in [-0.2, -0.15) is 9.78 Å². The Labute approximate surface area is 214 Å². The van der Waals surface area contributed by atoms with Gasteiger partial charge in [-0.25, -0.2) is 4.79 Å². The molecule has 8 heteroatoms. The number of primary amides is 1. The second-order valence-electron chi connectivity index (χ2n) is 9.07. The van der Waals surface area contributed by atoms with Gasteiger partial charge < -0.3 is 9.64 Å². The van der Waals surface area contributed by atoms with Crippen LogP contribution in [0.4, 0.5) is 0 Å². The fourth-order valence-corrected chi connectivity index (χ4v) is 4.51. The van der Waals surface area contributed by atoms with Crippen LogP contribution in [0, 0.1) is 0 Å². The summed E-state index contributed by atoms with van der Waals surface area (Å²) >= 11 is 0. The number of carbonyl (C=O) groups is 3. The monoisotopic (exact) mass is 495 g/mol. The molecule has 0 saturated heterocycles. The number of nitrogens with zero attached hydrogens (tertiary/aromatic N) is 3. The number of aromatic nitrogens is 2. The lowest BCUT2D eigenvalue weighted by molar-refractivity contribution is -0.588. The van der Waals surface area contributed by atoms with Gasteiger partial charge in [0.05, 0.1) is 12.8 Å². The van der Waals surface area contributed by atoms with Crippen molar-refractivity contribution in [3.63, 3.8) is 0 Å². The first-order chi connectivity index (χ1) is 17.9. The molecular formula is C29H27N4O4+. The average molecular weight is 496 g/mol. The third kappa shape index (κ3) is 4.43. The van der Waals surface area contributed by atoms with E-state index in [2.05, 4.69) is 5.10 Å². The van der Waals surface area contributed by atoms with Crippen molar-refractivity contribution in [2.24, 2.45) is 0 Å². The van der Waals surface area contributed by atoms with Gasteiger partial charge in [0.2, 0.25) is 5.54 Å². The molecule has 2 heterocycles. The molecule has 0 spiro atoms. The zero-order valence-electron chi connectivity index (χ0n) is 20.6. The molecule has 1 aromatic heterocycles. The predicted octanol–water partition coefficient (Wildman–Crippen LogP) is 2.90. The Hall–Kier alpha value is -4.56. The molecule has 1 unspecified atom stereocenters. The number of hydrogen-bond acceptors (Lipinski definition) is 5. The van der Waals surface area contributed by atoms with E-state index < -0.39 is 23.3 Å². The number of carbonyl (C=O) groups excluding carboxylic acids is 3. The first-order valence-corrected chi connectivity index (χ1v) is 12.0. The van der Waals surface area contributed by atoms with Crippen molar-refractivity contribution in [2.45, 2.75) is 25.6 Å². The number of quaternary nitrogens is 1. The van der Waals surface area contributed by atoms with Crippen LogP contribution in [0.15, 0.2) is 91.0 Å². The molecular weight excluding hydrogens is 468 g/mol. The van der Waals surface area contributed by atoms with E-state index in [9.17, 15) is 14.4 Å². The van der Waals surface area contributed by atoms with Crippen LogP contribution in [0.1, 0.15) is 33.3 Å². The minimum Gasteiger partial charge on any atom is -0.497 e. The smallest absolute Gasteiger partial charge is 0.346 e. The molecule has 186 valence electrons. The highest BCUT2D eigenvalue weighted by Gasteiger charge is 2.57. The standard InChI is InChI=1S/C29H26N4O4/c1-29(27(35)30-18-20-9-5-3-6-10-20)28(36)33-25(17-24(31-33)22-11-7-4-8-12-22)26(34)32(29)19-21-13-15-23(37-2)16-14-21/h3-17H,18-19H2,1-2H3,(H,30,35)/p+1. The lowest BCUT2D eigenvalue weighted by atomic mass is 9.92. The molecule has 37 heavy (non-hydrogen) atoms. The van der Waals surface area contributed by atoms with Gasteiger partial charge in [0.15, 0.2) is 0 Å². The predicted molar refractivity (Wildman–Crippen MR) is 137 cm³/mol. The molecule has 1 aliphatic rings. The highest BCUT2D eigenvalue weighted by Crippen LogP contribution is 2.31. The lowest BCUT2D eigenvalue weighted by Gasteiger charge is -2.39. The second-order valence-corrected chi connectivity index (χ2v) is 9.07. The Bertz CT molecular complexity index is 1450. The number of nitrogens with two attached hydrogens (primary N) is 1. The van der Waals surface area contributed by atoms with E-state index in [4.69, 9.17) is 4.74 Å². The number of ether oxygens (including phenoxy) is 1. The molecule has 8 nitrogen and oxygen atoms in total. The van der Waals surface area contributed by atoms with Crippen LogP contribution in [0.25, 0.3) is 11.3 Å². The average Bonchev–Trinajstić information content (AvgIpc) is 3.40. The number of benzene rings is 3. The van der Waals surface area contributed by atoms with E-state index in [-0.39, 0.29) is 12.2 Å². The summed E-state index contributed by atoms with van der Waals surface area (Å²) < 4.78 is 6.32. The quantitative estimate of drug-likeness (QED) is 0.398. The molecule has 0 radical (unpaired) electrons. The maximum atomic E-state index is 13.9. The fourth-order valence-electron chi connectivity index (χ4n) is 4.51. The number of amides is 2. The molecule has 4 aromatic rings. The van der Waals surface area contributed by atoms with Gasteiger partial charge in [-0.1, -0.05) is 72.8 Å². The summed E-state index contributed by atoms with van der Waals surface area (Å²) in [5.74, 6) is -0.780. The van der Waals surface area contributed by atoms with Crippen molar-refractivity contribution < 1.29 is 24.4 Å². The van der Waals surface area contributed by atoms with Gasteiger partial charge in [0.25, 0.3) is 11.8 Å². The van der Waals surface area contributed by atoms with Gasteiger partial charge in [-0.05, 0) is 30.7 Å². The van der Waals surface area contributed by atoms with E-state index in [0.29, 0.717) is 18.0 Å². The van der Waals surface area contributed by atoms with Crippen molar-refractivity contribution in [2.75, 3.05) is 7.11 Å². The van der Waals surface area contributed by atoms with E-state index in [0.717, 1.165) is 21.4 Å². The summed E-state index contributed by atoms with van der Waals surface area (Å²) in [6.45, 7) is 1.92. The number of hydrogen-bond donors (Lipinski definition) is 1. The summed E-state index contributed by atoms with van der Waals surface area (Å²) in [7, 11) is 1.58. The van der Waals surface area contributed by atoms with Crippen molar-refractivity contribution in [1.29, 1.82) is 0 Å². The van der Waals surface area contributed by atoms with Crippen molar-refractivity contribution in [3.8, 4) is 17.0 Å². The van der Waals surface area contributed by atoms with Crippen molar-refractivity contribution in [1.82, 2.24) is 14.7 Å². The fraction of sp³-hybridized carbons (Fsp3) is 0.172. The zero-order chi connectivity index (χ0) is 26.0. The molecule has 0 aliphatic carbocycles. The molecule has 0 saturated carbocycles. The van der Waals surface area contributed by atoms with E-state index in [1.165, 1.54) is 17.1 Å². The number of fused-ring (bicyclic) bond motifs is 1. The normalized spacial score (nSPS) is 17.0. The van der Waals surface area contributed by atoms with Gasteiger partial charge in [-0.15, -0.1) is 0 Å². The number of rotatable bonds is 7. The van der Waals surface area contributed by atoms with Crippen molar-refractivity contribution in [3.05, 3.63) is 108 Å². The highest BCUT2D eigenvalue weighted by atomic mass is 16.5. The second kappa shape index (κ2) is 9.83. The summed E-state index contributed by atoms with van der Waals surface area (Å²) in [6.07, 6.45) is 0.